The molecule has 6 nitrogen and oxygen atoms in total. The van der Waals surface area contributed by atoms with Crippen molar-refractivity contribution in [1.82, 2.24) is 19.6 Å². The maximum Gasteiger partial charge on any atom is 0.298 e. The van der Waals surface area contributed by atoms with Crippen LogP contribution in [0.25, 0.3) is 21.9 Å². The van der Waals surface area contributed by atoms with Gasteiger partial charge in [-0.25, -0.2) is 4.98 Å². The van der Waals surface area contributed by atoms with Gasteiger partial charge in [-0.05, 0) is 35.9 Å². The van der Waals surface area contributed by atoms with Crippen molar-refractivity contribution < 1.29 is 0 Å². The van der Waals surface area contributed by atoms with Gasteiger partial charge in [0.25, 0.3) is 5.56 Å². The molecule has 23 heavy (non-hydrogen) atoms. The highest BCUT2D eigenvalue weighted by atomic mass is 79.9. The van der Waals surface area contributed by atoms with Gasteiger partial charge in [0, 0.05) is 27.8 Å². The molecule has 0 spiro atoms. The molecule has 4 aromatic rings. The smallest absolute Gasteiger partial charge is 0.298 e. The van der Waals surface area contributed by atoms with E-state index in [0.29, 0.717) is 11.0 Å². The number of rotatable bonds is 2. The molecular weight excluding hydrogens is 358 g/mol. The minimum absolute atomic E-state index is 0.243. The van der Waals surface area contributed by atoms with Gasteiger partial charge < -0.3 is 4.98 Å². The molecule has 112 valence electrons. The molecule has 0 aliphatic heterocycles. The standard InChI is InChI=1S/C16H10BrN5O/c17-11-1-2-13-12(7-11)14-15(21-13)16(23)22(9-19-14)20-8-10-3-5-18-6-4-10/h1-9,21H. The quantitative estimate of drug-likeness (QED) is 0.553. The molecule has 0 saturated carbocycles. The molecule has 0 bridgehead atoms. The van der Waals surface area contributed by atoms with Gasteiger partial charge in [-0.1, -0.05) is 15.9 Å². The average molecular weight is 368 g/mol. The zero-order chi connectivity index (χ0) is 15.8. The molecule has 0 amide bonds. The molecule has 0 atom stereocenters. The Hall–Kier alpha value is -2.80. The van der Waals surface area contributed by atoms with Crippen molar-refractivity contribution in [2.24, 2.45) is 5.10 Å². The maximum atomic E-state index is 12.6. The Labute approximate surface area is 138 Å². The second kappa shape index (κ2) is 5.44. The van der Waals surface area contributed by atoms with Gasteiger partial charge in [-0.2, -0.15) is 9.78 Å². The molecule has 0 saturated heterocycles. The van der Waals surface area contributed by atoms with Gasteiger partial charge in [0.1, 0.15) is 17.4 Å². The first-order valence-corrected chi connectivity index (χ1v) is 7.65. The lowest BCUT2D eigenvalue weighted by molar-refractivity contribution is 0.815. The van der Waals surface area contributed by atoms with Crippen LogP contribution < -0.4 is 5.56 Å². The Bertz CT molecular complexity index is 1100. The predicted octanol–water partition coefficient (Wildman–Crippen LogP) is 2.92. The van der Waals surface area contributed by atoms with Crippen LogP contribution in [-0.4, -0.2) is 25.8 Å². The van der Waals surface area contributed by atoms with E-state index >= 15 is 0 Å². The first-order chi connectivity index (χ1) is 11.2. The van der Waals surface area contributed by atoms with Crippen LogP contribution in [0, 0.1) is 0 Å². The number of benzene rings is 1. The number of nitrogens with zero attached hydrogens (tertiary/aromatic N) is 4. The highest BCUT2D eigenvalue weighted by Crippen LogP contribution is 2.24. The highest BCUT2D eigenvalue weighted by Gasteiger charge is 2.10. The van der Waals surface area contributed by atoms with Crippen LogP contribution in [0.2, 0.25) is 0 Å². The van der Waals surface area contributed by atoms with Crippen LogP contribution in [0.15, 0.2) is 63.4 Å². The van der Waals surface area contributed by atoms with Crippen molar-refractivity contribution in [2.75, 3.05) is 0 Å². The van der Waals surface area contributed by atoms with Crippen molar-refractivity contribution >= 4 is 44.1 Å². The molecule has 3 aromatic heterocycles. The lowest BCUT2D eigenvalue weighted by Crippen LogP contribution is -2.17. The van der Waals surface area contributed by atoms with Gasteiger partial charge in [0.15, 0.2) is 0 Å². The fourth-order valence-corrected chi connectivity index (χ4v) is 2.74. The van der Waals surface area contributed by atoms with Crippen LogP contribution in [-0.2, 0) is 0 Å². The molecule has 7 heteroatoms. The molecule has 0 aliphatic rings. The van der Waals surface area contributed by atoms with E-state index in [-0.39, 0.29) is 5.56 Å². The molecule has 0 aliphatic carbocycles. The second-order valence-electron chi connectivity index (χ2n) is 4.96. The summed E-state index contributed by atoms with van der Waals surface area (Å²) in [5, 5.41) is 5.07. The van der Waals surface area contributed by atoms with E-state index in [1.165, 1.54) is 11.0 Å². The largest absolute Gasteiger partial charge is 0.349 e. The molecule has 0 radical (unpaired) electrons. The fourth-order valence-electron chi connectivity index (χ4n) is 2.38. The normalized spacial score (nSPS) is 11.7. The van der Waals surface area contributed by atoms with Crippen LogP contribution in [0.1, 0.15) is 5.56 Å². The summed E-state index contributed by atoms with van der Waals surface area (Å²) in [6.45, 7) is 0. The second-order valence-corrected chi connectivity index (χ2v) is 5.87. The van der Waals surface area contributed by atoms with Crippen LogP contribution in [0.5, 0.6) is 0 Å². The van der Waals surface area contributed by atoms with E-state index in [2.05, 4.69) is 36.0 Å². The van der Waals surface area contributed by atoms with E-state index in [9.17, 15) is 4.79 Å². The minimum Gasteiger partial charge on any atom is -0.349 e. The lowest BCUT2D eigenvalue weighted by atomic mass is 10.2. The van der Waals surface area contributed by atoms with Gasteiger partial charge >= 0.3 is 0 Å². The first-order valence-electron chi connectivity index (χ1n) is 6.85. The number of hydrogen-bond donors (Lipinski definition) is 1. The third kappa shape index (κ3) is 2.44. The van der Waals surface area contributed by atoms with Gasteiger partial charge in [-0.3, -0.25) is 9.78 Å². The molecule has 1 aromatic carbocycles. The zero-order valence-corrected chi connectivity index (χ0v) is 13.4. The number of fused-ring (bicyclic) bond motifs is 3. The van der Waals surface area contributed by atoms with Crippen LogP contribution in [0.3, 0.4) is 0 Å². The Kier molecular flexibility index (Phi) is 3.27. The predicted molar refractivity (Wildman–Crippen MR) is 92.8 cm³/mol. The summed E-state index contributed by atoms with van der Waals surface area (Å²) in [7, 11) is 0. The number of aromatic nitrogens is 4. The number of halogens is 1. The molecule has 1 N–H and O–H groups in total. The first kappa shape index (κ1) is 13.8. The number of hydrogen-bond acceptors (Lipinski definition) is 4. The Morgan fingerprint density at radius 3 is 2.87 bits per heavy atom. The zero-order valence-electron chi connectivity index (χ0n) is 11.8. The highest BCUT2D eigenvalue weighted by molar-refractivity contribution is 9.10. The Balaban J connectivity index is 1.87. The molecule has 0 fully saturated rings. The molecule has 4 rings (SSSR count). The van der Waals surface area contributed by atoms with Gasteiger partial charge in [0.05, 0.1) is 6.21 Å². The lowest BCUT2D eigenvalue weighted by Gasteiger charge is -1.97. The number of H-pyrrole nitrogens is 1. The summed E-state index contributed by atoms with van der Waals surface area (Å²) in [5.74, 6) is 0. The maximum absolute atomic E-state index is 12.6. The van der Waals surface area contributed by atoms with E-state index in [0.717, 1.165) is 20.9 Å². The van der Waals surface area contributed by atoms with Gasteiger partial charge in [-0.15, -0.1) is 0 Å². The number of aromatic amines is 1. The molecule has 3 heterocycles. The minimum atomic E-state index is -0.243. The monoisotopic (exact) mass is 367 g/mol. The summed E-state index contributed by atoms with van der Waals surface area (Å²) >= 11 is 3.43. The van der Waals surface area contributed by atoms with E-state index in [4.69, 9.17) is 0 Å². The van der Waals surface area contributed by atoms with E-state index < -0.39 is 0 Å². The van der Waals surface area contributed by atoms with Gasteiger partial charge in [0.2, 0.25) is 0 Å². The Morgan fingerprint density at radius 2 is 2.04 bits per heavy atom. The summed E-state index contributed by atoms with van der Waals surface area (Å²) in [6, 6.07) is 9.37. The molecule has 0 unspecified atom stereocenters. The van der Waals surface area contributed by atoms with Crippen molar-refractivity contribution in [2.45, 2.75) is 0 Å². The van der Waals surface area contributed by atoms with Crippen LogP contribution >= 0.6 is 15.9 Å². The number of pyridine rings is 1. The summed E-state index contributed by atoms with van der Waals surface area (Å²) in [4.78, 5) is 24.0. The molecular formula is C16H10BrN5O. The SMILES string of the molecule is O=c1c2[nH]c3ccc(Br)cc3c2ncn1N=Cc1ccncc1. The van der Waals surface area contributed by atoms with Crippen molar-refractivity contribution in [1.29, 1.82) is 0 Å². The van der Waals surface area contributed by atoms with E-state index in [1.807, 2.05) is 18.2 Å². The summed E-state index contributed by atoms with van der Waals surface area (Å²) in [6.07, 6.45) is 6.36. The topological polar surface area (TPSA) is 75.9 Å². The third-order valence-corrected chi connectivity index (χ3v) is 3.98. The van der Waals surface area contributed by atoms with E-state index in [1.54, 1.807) is 30.7 Å². The van der Waals surface area contributed by atoms with Crippen molar-refractivity contribution in [3.8, 4) is 0 Å². The van der Waals surface area contributed by atoms with Crippen molar-refractivity contribution in [3.63, 3.8) is 0 Å². The summed E-state index contributed by atoms with van der Waals surface area (Å²) < 4.78 is 2.15. The number of nitrogens with one attached hydrogen (secondary N) is 1. The third-order valence-electron chi connectivity index (χ3n) is 3.49. The summed E-state index contributed by atoms with van der Waals surface area (Å²) in [5.41, 5.74) is 2.55. The van der Waals surface area contributed by atoms with Crippen LogP contribution in [0.4, 0.5) is 0 Å². The van der Waals surface area contributed by atoms with Crippen molar-refractivity contribution in [3.05, 3.63) is 69.4 Å². The average Bonchev–Trinajstić information content (AvgIpc) is 2.94. The Morgan fingerprint density at radius 1 is 1.22 bits per heavy atom. The fraction of sp³-hybridized carbons (Fsp3) is 0.